The van der Waals surface area contributed by atoms with Gasteiger partial charge in [0.15, 0.2) is 4.87 Å². The molecule has 0 aliphatic carbocycles. The van der Waals surface area contributed by atoms with Gasteiger partial charge in [0.25, 0.3) is 0 Å². The Morgan fingerprint density at radius 3 is 2.60 bits per heavy atom. The van der Waals surface area contributed by atoms with E-state index in [1.165, 1.54) is 11.8 Å². The van der Waals surface area contributed by atoms with E-state index in [1.807, 2.05) is 0 Å². The maximum atomic E-state index is 11.5. The summed E-state index contributed by atoms with van der Waals surface area (Å²) < 4.78 is 5.00. The van der Waals surface area contributed by atoms with Crippen molar-refractivity contribution in [1.29, 1.82) is 0 Å². The lowest BCUT2D eigenvalue weighted by Gasteiger charge is -2.19. The van der Waals surface area contributed by atoms with Crippen molar-refractivity contribution in [2.24, 2.45) is 0 Å². The maximum absolute atomic E-state index is 11.5. The van der Waals surface area contributed by atoms with Gasteiger partial charge < -0.3 is 9.84 Å². The minimum Gasteiger partial charge on any atom is -0.479 e. The summed E-state index contributed by atoms with van der Waals surface area (Å²) >= 11 is 1.20. The molecule has 0 aromatic heterocycles. The molecule has 1 heterocycles. The number of nitrogens with one attached hydrogen (secondary N) is 1. The second-order valence-corrected chi connectivity index (χ2v) is 5.27. The van der Waals surface area contributed by atoms with Crippen LogP contribution < -0.4 is 5.32 Å². The van der Waals surface area contributed by atoms with Gasteiger partial charge >= 0.3 is 11.9 Å². The zero-order valence-corrected chi connectivity index (χ0v) is 9.76. The predicted octanol–water partition coefficient (Wildman–Crippen LogP) is 0.444. The molecule has 1 fully saturated rings. The van der Waals surface area contributed by atoms with Crippen molar-refractivity contribution < 1.29 is 19.4 Å². The van der Waals surface area contributed by atoms with Crippen molar-refractivity contribution in [3.8, 4) is 0 Å². The van der Waals surface area contributed by atoms with Crippen LogP contribution in [0.3, 0.4) is 0 Å². The lowest BCUT2D eigenvalue weighted by Crippen LogP contribution is -2.48. The molecule has 2 N–H and O–H groups in total. The molecule has 1 aliphatic rings. The number of hydrogen-bond donors (Lipinski definition) is 2. The highest BCUT2D eigenvalue weighted by atomic mass is 32.2. The third kappa shape index (κ3) is 2.85. The molecule has 6 heteroatoms. The first-order valence-electron chi connectivity index (χ1n) is 4.70. The monoisotopic (exact) mass is 233 g/mol. The first kappa shape index (κ1) is 12.3. The molecule has 5 nitrogen and oxygen atoms in total. The number of hydrogen-bond acceptors (Lipinski definition) is 5. The number of rotatable bonds is 3. The van der Waals surface area contributed by atoms with Gasteiger partial charge in [0.2, 0.25) is 0 Å². The van der Waals surface area contributed by atoms with Crippen LogP contribution in [0.2, 0.25) is 0 Å². The summed E-state index contributed by atoms with van der Waals surface area (Å²) in [6.07, 6.45) is -0.180. The van der Waals surface area contributed by atoms with Crippen LogP contribution in [0.4, 0.5) is 0 Å². The molecule has 1 saturated heterocycles. The average Bonchev–Trinajstić information content (AvgIpc) is 2.48. The summed E-state index contributed by atoms with van der Waals surface area (Å²) in [6.45, 7) is 5.06. The molecule has 2 atom stereocenters. The van der Waals surface area contributed by atoms with Crippen LogP contribution in [0.5, 0.6) is 0 Å². The third-order valence-corrected chi connectivity index (χ3v) is 3.40. The van der Waals surface area contributed by atoms with Crippen LogP contribution in [0.15, 0.2) is 0 Å². The highest BCUT2D eigenvalue weighted by molar-refractivity contribution is 8.01. The Bertz CT molecular complexity index is 281. The number of carbonyl (C=O) groups is 2. The molecule has 0 spiro atoms. The lowest BCUT2D eigenvalue weighted by atomic mass is 10.2. The van der Waals surface area contributed by atoms with Gasteiger partial charge in [-0.25, -0.2) is 4.79 Å². The van der Waals surface area contributed by atoms with Gasteiger partial charge in [-0.1, -0.05) is 0 Å². The van der Waals surface area contributed by atoms with Crippen LogP contribution >= 0.6 is 11.8 Å². The summed E-state index contributed by atoms with van der Waals surface area (Å²) in [5.74, 6) is -0.927. The molecular formula is C9H15NO4S. The second kappa shape index (κ2) is 4.40. The van der Waals surface area contributed by atoms with E-state index in [1.54, 1.807) is 20.8 Å². The van der Waals surface area contributed by atoms with Crippen molar-refractivity contribution in [1.82, 2.24) is 5.32 Å². The Balaban J connectivity index is 2.56. The molecule has 0 amide bonds. The number of thioether (sulfide) groups is 1. The van der Waals surface area contributed by atoms with Crippen LogP contribution in [-0.2, 0) is 14.3 Å². The predicted molar refractivity (Wildman–Crippen MR) is 56.7 cm³/mol. The fourth-order valence-electron chi connectivity index (χ4n) is 1.23. The van der Waals surface area contributed by atoms with Gasteiger partial charge in [-0.2, -0.15) is 0 Å². The normalized spacial score (nSPS) is 30.5. The van der Waals surface area contributed by atoms with Crippen molar-refractivity contribution in [2.75, 3.05) is 5.75 Å². The first-order valence-corrected chi connectivity index (χ1v) is 5.69. The highest BCUT2D eigenvalue weighted by Crippen LogP contribution is 2.30. The van der Waals surface area contributed by atoms with E-state index in [-0.39, 0.29) is 12.1 Å². The summed E-state index contributed by atoms with van der Waals surface area (Å²) in [6, 6.07) is -0.529. The van der Waals surface area contributed by atoms with E-state index in [0.29, 0.717) is 5.75 Å². The molecule has 86 valence electrons. The number of aliphatic carboxylic acids is 1. The SMILES string of the molecule is CC(C)OC(=O)C1CSC(C)(C(=O)O)N1. The standard InChI is InChI=1S/C9H15NO4S/c1-5(2)14-7(11)6-4-15-9(3,10-6)8(12)13/h5-6,10H,4H2,1-3H3,(H,12,13). The molecule has 0 bridgehead atoms. The molecule has 0 saturated carbocycles. The minimum absolute atomic E-state index is 0.180. The summed E-state index contributed by atoms with van der Waals surface area (Å²) in [7, 11) is 0. The van der Waals surface area contributed by atoms with Gasteiger partial charge in [-0.05, 0) is 20.8 Å². The zero-order valence-electron chi connectivity index (χ0n) is 8.94. The van der Waals surface area contributed by atoms with Crippen molar-refractivity contribution >= 4 is 23.7 Å². The Hall–Kier alpha value is -0.750. The second-order valence-electron chi connectivity index (χ2n) is 3.83. The Labute approximate surface area is 92.6 Å². The maximum Gasteiger partial charge on any atom is 0.334 e. The van der Waals surface area contributed by atoms with Gasteiger partial charge in [-0.3, -0.25) is 10.1 Å². The van der Waals surface area contributed by atoms with Crippen molar-refractivity contribution in [2.45, 2.75) is 37.8 Å². The first-order chi connectivity index (χ1) is 6.85. The molecule has 0 aromatic carbocycles. The van der Waals surface area contributed by atoms with Crippen LogP contribution in [0, 0.1) is 0 Å². The molecule has 1 aliphatic heterocycles. The van der Waals surface area contributed by atoms with E-state index in [2.05, 4.69) is 5.32 Å². The number of ether oxygens (including phenoxy) is 1. The molecule has 15 heavy (non-hydrogen) atoms. The number of carbonyl (C=O) groups excluding carboxylic acids is 1. The van der Waals surface area contributed by atoms with Crippen LogP contribution in [0.1, 0.15) is 20.8 Å². The average molecular weight is 233 g/mol. The smallest absolute Gasteiger partial charge is 0.334 e. The van der Waals surface area contributed by atoms with E-state index >= 15 is 0 Å². The Morgan fingerprint density at radius 1 is 1.60 bits per heavy atom. The minimum atomic E-state index is -1.08. The fourth-order valence-corrected chi connectivity index (χ4v) is 2.30. The number of carboxylic acid groups (broad SMARTS) is 1. The third-order valence-electron chi connectivity index (χ3n) is 2.03. The van der Waals surface area contributed by atoms with Crippen LogP contribution in [-0.4, -0.2) is 39.8 Å². The number of esters is 1. The molecule has 1 rings (SSSR count). The van der Waals surface area contributed by atoms with E-state index in [9.17, 15) is 9.59 Å². The van der Waals surface area contributed by atoms with E-state index in [0.717, 1.165) is 0 Å². The molecule has 0 aromatic rings. The van der Waals surface area contributed by atoms with Crippen molar-refractivity contribution in [3.63, 3.8) is 0 Å². The molecular weight excluding hydrogens is 218 g/mol. The van der Waals surface area contributed by atoms with Crippen LogP contribution in [0.25, 0.3) is 0 Å². The summed E-state index contributed by atoms with van der Waals surface area (Å²) in [5.41, 5.74) is 0. The van der Waals surface area contributed by atoms with Gasteiger partial charge in [0, 0.05) is 5.75 Å². The van der Waals surface area contributed by atoms with E-state index in [4.69, 9.17) is 9.84 Å². The largest absolute Gasteiger partial charge is 0.479 e. The topological polar surface area (TPSA) is 75.6 Å². The lowest BCUT2D eigenvalue weighted by molar-refractivity contribution is -0.149. The van der Waals surface area contributed by atoms with Gasteiger partial charge in [0.05, 0.1) is 6.10 Å². The Kier molecular flexibility index (Phi) is 3.62. The summed E-state index contributed by atoms with van der Waals surface area (Å²) in [5, 5.41) is 11.7. The Morgan fingerprint density at radius 2 is 2.20 bits per heavy atom. The highest BCUT2D eigenvalue weighted by Gasteiger charge is 2.44. The van der Waals surface area contributed by atoms with Gasteiger partial charge in [0.1, 0.15) is 6.04 Å². The van der Waals surface area contributed by atoms with Crippen molar-refractivity contribution in [3.05, 3.63) is 0 Å². The quantitative estimate of drug-likeness (QED) is 0.689. The van der Waals surface area contributed by atoms with E-state index < -0.39 is 16.9 Å². The molecule has 2 unspecified atom stereocenters. The fraction of sp³-hybridized carbons (Fsp3) is 0.778. The number of carboxylic acids is 1. The van der Waals surface area contributed by atoms with Gasteiger partial charge in [-0.15, -0.1) is 11.8 Å². The zero-order chi connectivity index (χ0) is 11.6. The molecule has 0 radical (unpaired) electrons. The summed E-state index contributed by atoms with van der Waals surface area (Å²) in [4.78, 5) is 21.3.